The lowest BCUT2D eigenvalue weighted by atomic mass is 10.2. The first kappa shape index (κ1) is 17.3. The third-order valence-corrected chi connectivity index (χ3v) is 7.23. The molecule has 0 saturated heterocycles. The number of thioether (sulfide) groups is 1. The van der Waals surface area contributed by atoms with Crippen LogP contribution in [-0.2, 0) is 5.75 Å². The largest absolute Gasteiger partial charge is 0.295 e. The van der Waals surface area contributed by atoms with Crippen LogP contribution in [0.4, 0.5) is 5.13 Å². The van der Waals surface area contributed by atoms with Crippen LogP contribution in [0, 0.1) is 0 Å². The van der Waals surface area contributed by atoms with Gasteiger partial charge < -0.3 is 0 Å². The van der Waals surface area contributed by atoms with E-state index in [1.54, 1.807) is 28.5 Å². The lowest BCUT2D eigenvalue weighted by Crippen LogP contribution is -2.12. The number of anilines is 1. The molecule has 1 aromatic carbocycles. The summed E-state index contributed by atoms with van der Waals surface area (Å²) in [5.74, 6) is 0.555. The monoisotopic (exact) mass is 416 g/mol. The third-order valence-electron chi connectivity index (χ3n) is 3.30. The van der Waals surface area contributed by atoms with Crippen molar-refractivity contribution < 1.29 is 4.79 Å². The summed E-state index contributed by atoms with van der Waals surface area (Å²) in [5.41, 5.74) is 1.62. The first-order valence-corrected chi connectivity index (χ1v) is 11.1. The average molecular weight is 417 g/mol. The van der Waals surface area contributed by atoms with Crippen molar-refractivity contribution in [3.8, 4) is 9.88 Å². The Morgan fingerprint density at radius 1 is 1.08 bits per heavy atom. The summed E-state index contributed by atoms with van der Waals surface area (Å²) in [6, 6.07) is 14.1. The molecule has 0 atom stereocenters. The molecule has 3 heterocycles. The fourth-order valence-corrected chi connectivity index (χ4v) is 5.41. The molecule has 1 N–H and O–H groups in total. The van der Waals surface area contributed by atoms with Gasteiger partial charge in [-0.25, -0.2) is 4.98 Å². The van der Waals surface area contributed by atoms with Crippen molar-refractivity contribution in [2.45, 2.75) is 10.1 Å². The summed E-state index contributed by atoms with van der Waals surface area (Å²) >= 11 is 6.03. The van der Waals surface area contributed by atoms with E-state index < -0.39 is 0 Å². The molecular formula is C17H12N4OS4. The molecule has 0 aliphatic rings. The van der Waals surface area contributed by atoms with Gasteiger partial charge in [-0.15, -0.1) is 32.9 Å². The minimum absolute atomic E-state index is 0.264. The summed E-state index contributed by atoms with van der Waals surface area (Å²) in [7, 11) is 0. The van der Waals surface area contributed by atoms with Gasteiger partial charge in [-0.2, -0.15) is 0 Å². The molecule has 9 heteroatoms. The summed E-state index contributed by atoms with van der Waals surface area (Å²) in [6.45, 7) is 0. The molecule has 5 nitrogen and oxygen atoms in total. The van der Waals surface area contributed by atoms with E-state index in [9.17, 15) is 4.79 Å². The molecule has 26 heavy (non-hydrogen) atoms. The highest BCUT2D eigenvalue weighted by Crippen LogP contribution is 2.30. The van der Waals surface area contributed by atoms with E-state index in [1.165, 1.54) is 28.2 Å². The molecule has 1 amide bonds. The molecule has 0 fully saturated rings. The van der Waals surface area contributed by atoms with Gasteiger partial charge in [0.05, 0.1) is 4.88 Å². The van der Waals surface area contributed by atoms with E-state index in [2.05, 4.69) is 32.6 Å². The Bertz CT molecular complexity index is 995. The molecular weight excluding hydrogens is 404 g/mol. The van der Waals surface area contributed by atoms with E-state index >= 15 is 0 Å². The van der Waals surface area contributed by atoms with E-state index in [0.29, 0.717) is 10.8 Å². The Morgan fingerprint density at radius 3 is 2.77 bits per heavy atom. The van der Waals surface area contributed by atoms with Crippen LogP contribution in [0.15, 0.2) is 57.6 Å². The zero-order valence-corrected chi connectivity index (χ0v) is 16.6. The van der Waals surface area contributed by atoms with Crippen LogP contribution in [0.25, 0.3) is 9.88 Å². The number of aromatic nitrogens is 3. The molecule has 3 aromatic heterocycles. The van der Waals surface area contributed by atoms with Gasteiger partial charge in [-0.3, -0.25) is 10.1 Å². The molecule has 4 aromatic rings. The second-order valence-corrected chi connectivity index (χ2v) is 9.12. The minimum atomic E-state index is -0.264. The van der Waals surface area contributed by atoms with Crippen molar-refractivity contribution in [3.05, 3.63) is 64.5 Å². The highest BCUT2D eigenvalue weighted by molar-refractivity contribution is 8.00. The van der Waals surface area contributed by atoms with E-state index in [1.807, 2.05) is 35.7 Å². The molecule has 0 aliphatic carbocycles. The maximum atomic E-state index is 12.4. The number of nitrogens with one attached hydrogen (secondary N) is 1. The Labute approximate surface area is 166 Å². The highest BCUT2D eigenvalue weighted by Gasteiger charge is 2.15. The van der Waals surface area contributed by atoms with Crippen molar-refractivity contribution in [2.24, 2.45) is 0 Å². The van der Waals surface area contributed by atoms with Crippen LogP contribution in [-0.4, -0.2) is 21.1 Å². The summed E-state index contributed by atoms with van der Waals surface area (Å²) in [6.07, 6.45) is 0. The predicted octanol–water partition coefficient (Wildman–Crippen LogP) is 5.27. The second-order valence-electron chi connectivity index (χ2n) is 5.12. The zero-order chi connectivity index (χ0) is 17.8. The van der Waals surface area contributed by atoms with E-state index in [0.717, 1.165) is 20.0 Å². The Morgan fingerprint density at radius 2 is 1.96 bits per heavy atom. The third kappa shape index (κ3) is 4.18. The standard InChI is InChI=1S/C17H12N4OS4/c22-14(12-10-24-15(18-12)13-7-4-8-23-13)19-16-20-21-17(26-16)25-9-11-5-2-1-3-6-11/h1-8,10H,9H2,(H,19,20,22). The smallest absolute Gasteiger partial charge is 0.276 e. The summed E-state index contributed by atoms with van der Waals surface area (Å²) < 4.78 is 0.821. The molecule has 0 aliphatic heterocycles. The first-order chi connectivity index (χ1) is 12.8. The van der Waals surface area contributed by atoms with Crippen molar-refractivity contribution in [1.82, 2.24) is 15.2 Å². The fraction of sp³-hybridized carbons (Fsp3) is 0.0588. The van der Waals surface area contributed by atoms with Gasteiger partial charge in [-0.05, 0) is 17.0 Å². The quantitative estimate of drug-likeness (QED) is 0.343. The van der Waals surface area contributed by atoms with Crippen LogP contribution < -0.4 is 5.32 Å². The summed E-state index contributed by atoms with van der Waals surface area (Å²) in [4.78, 5) is 17.8. The maximum Gasteiger partial charge on any atom is 0.276 e. The van der Waals surface area contributed by atoms with Gasteiger partial charge in [0, 0.05) is 11.1 Å². The number of carbonyl (C=O) groups excluding carboxylic acids is 1. The van der Waals surface area contributed by atoms with Crippen molar-refractivity contribution in [2.75, 3.05) is 5.32 Å². The fourth-order valence-electron chi connectivity index (χ4n) is 2.09. The van der Waals surface area contributed by atoms with E-state index in [-0.39, 0.29) is 5.91 Å². The number of thiazole rings is 1. The van der Waals surface area contributed by atoms with Gasteiger partial charge in [-0.1, -0.05) is 59.5 Å². The Balaban J connectivity index is 1.37. The molecule has 130 valence electrons. The highest BCUT2D eigenvalue weighted by atomic mass is 32.2. The minimum Gasteiger partial charge on any atom is -0.295 e. The van der Waals surface area contributed by atoms with Crippen LogP contribution in [0.2, 0.25) is 0 Å². The number of hydrogen-bond acceptors (Lipinski definition) is 8. The second kappa shape index (κ2) is 8.09. The van der Waals surface area contributed by atoms with Gasteiger partial charge in [0.15, 0.2) is 4.34 Å². The van der Waals surface area contributed by atoms with Gasteiger partial charge in [0.2, 0.25) is 5.13 Å². The van der Waals surface area contributed by atoms with Gasteiger partial charge in [0.1, 0.15) is 10.7 Å². The van der Waals surface area contributed by atoms with Crippen LogP contribution >= 0.6 is 45.8 Å². The van der Waals surface area contributed by atoms with Crippen LogP contribution in [0.1, 0.15) is 16.1 Å². The van der Waals surface area contributed by atoms with Crippen LogP contribution in [0.3, 0.4) is 0 Å². The number of carbonyl (C=O) groups is 1. The average Bonchev–Trinajstić information content (AvgIpc) is 3.41. The Hall–Kier alpha value is -2.07. The normalized spacial score (nSPS) is 10.8. The number of amides is 1. The molecule has 0 bridgehead atoms. The number of hydrogen-bond donors (Lipinski definition) is 1. The number of thiophene rings is 1. The topological polar surface area (TPSA) is 67.8 Å². The zero-order valence-electron chi connectivity index (χ0n) is 13.3. The van der Waals surface area contributed by atoms with Crippen molar-refractivity contribution in [1.29, 1.82) is 0 Å². The van der Waals surface area contributed by atoms with Crippen LogP contribution in [0.5, 0.6) is 0 Å². The van der Waals surface area contributed by atoms with Crippen molar-refractivity contribution in [3.63, 3.8) is 0 Å². The van der Waals surface area contributed by atoms with E-state index in [4.69, 9.17) is 0 Å². The molecule has 0 radical (unpaired) electrons. The first-order valence-electron chi connectivity index (χ1n) is 7.59. The number of nitrogens with zero attached hydrogens (tertiary/aromatic N) is 3. The van der Waals surface area contributed by atoms with Crippen molar-refractivity contribution >= 4 is 56.8 Å². The number of benzene rings is 1. The Kier molecular flexibility index (Phi) is 5.40. The maximum absolute atomic E-state index is 12.4. The lowest BCUT2D eigenvalue weighted by molar-refractivity contribution is 0.102. The lowest BCUT2D eigenvalue weighted by Gasteiger charge is -1.97. The predicted molar refractivity (Wildman–Crippen MR) is 109 cm³/mol. The van der Waals surface area contributed by atoms with Gasteiger partial charge >= 0.3 is 0 Å². The molecule has 0 spiro atoms. The SMILES string of the molecule is O=C(Nc1nnc(SCc2ccccc2)s1)c1csc(-c2cccs2)n1. The molecule has 0 saturated carbocycles. The molecule has 0 unspecified atom stereocenters. The number of rotatable bonds is 6. The van der Waals surface area contributed by atoms with Gasteiger partial charge in [0.25, 0.3) is 5.91 Å². The summed E-state index contributed by atoms with van der Waals surface area (Å²) in [5, 5.41) is 16.0. The molecule has 4 rings (SSSR count).